The predicted octanol–water partition coefficient (Wildman–Crippen LogP) is 2.03. The van der Waals surface area contributed by atoms with Gasteiger partial charge in [0.2, 0.25) is 0 Å². The van der Waals surface area contributed by atoms with Crippen molar-refractivity contribution in [2.24, 2.45) is 17.3 Å². The quantitative estimate of drug-likeness (QED) is 0.640. The molecule has 2 saturated carbocycles. The van der Waals surface area contributed by atoms with E-state index in [1.54, 1.807) is 0 Å². The lowest BCUT2D eigenvalue weighted by Gasteiger charge is -2.25. The Labute approximate surface area is 69.6 Å². The lowest BCUT2D eigenvalue weighted by atomic mass is 9.83. The van der Waals surface area contributed by atoms with Crippen LogP contribution in [0, 0.1) is 17.3 Å². The van der Waals surface area contributed by atoms with Gasteiger partial charge in [0.05, 0.1) is 0 Å². The number of hydrogen-bond acceptors (Lipinski definition) is 1. The largest absolute Gasteiger partial charge is 0.319 e. The van der Waals surface area contributed by atoms with E-state index in [0.717, 1.165) is 17.3 Å². The van der Waals surface area contributed by atoms with Crippen LogP contribution in [0.5, 0.6) is 0 Å². The molecule has 0 heterocycles. The van der Waals surface area contributed by atoms with Gasteiger partial charge < -0.3 is 5.32 Å². The highest BCUT2D eigenvalue weighted by Crippen LogP contribution is 2.61. The van der Waals surface area contributed by atoms with Crippen molar-refractivity contribution in [2.45, 2.75) is 32.6 Å². The highest BCUT2D eigenvalue weighted by molar-refractivity contribution is 5.02. The van der Waals surface area contributed by atoms with Crippen molar-refractivity contribution in [3.63, 3.8) is 0 Å². The zero-order valence-corrected chi connectivity index (χ0v) is 7.69. The van der Waals surface area contributed by atoms with Crippen LogP contribution >= 0.6 is 0 Å². The molecule has 0 aliphatic heterocycles. The monoisotopic (exact) mass is 153 g/mol. The van der Waals surface area contributed by atoms with Crippen molar-refractivity contribution in [1.82, 2.24) is 5.32 Å². The molecule has 0 aromatic rings. The second kappa shape index (κ2) is 2.48. The van der Waals surface area contributed by atoms with E-state index in [9.17, 15) is 0 Å². The van der Waals surface area contributed by atoms with Crippen molar-refractivity contribution < 1.29 is 0 Å². The minimum atomic E-state index is 0.796. The maximum atomic E-state index is 3.29. The molecule has 1 unspecified atom stereocenters. The molecular formula is C10H19N. The molecule has 0 saturated heterocycles. The average molecular weight is 153 g/mol. The van der Waals surface area contributed by atoms with Crippen LogP contribution in [0.25, 0.3) is 0 Å². The molecule has 3 atom stereocenters. The molecule has 0 radical (unpaired) electrons. The molecule has 0 bridgehead atoms. The van der Waals surface area contributed by atoms with Gasteiger partial charge in [-0.25, -0.2) is 0 Å². The van der Waals surface area contributed by atoms with E-state index < -0.39 is 0 Å². The van der Waals surface area contributed by atoms with E-state index in [2.05, 4.69) is 19.3 Å². The smallest absolute Gasteiger partial charge is 0.00234 e. The van der Waals surface area contributed by atoms with Gasteiger partial charge in [-0.15, -0.1) is 0 Å². The zero-order valence-electron chi connectivity index (χ0n) is 7.69. The molecule has 1 nitrogen and oxygen atoms in total. The second-order valence-corrected chi connectivity index (χ2v) is 4.75. The van der Waals surface area contributed by atoms with Crippen molar-refractivity contribution in [2.75, 3.05) is 13.6 Å². The lowest BCUT2D eigenvalue weighted by molar-refractivity contribution is 0.275. The molecule has 2 aliphatic carbocycles. The molecule has 0 aromatic heterocycles. The van der Waals surface area contributed by atoms with Crippen LogP contribution in [0.15, 0.2) is 0 Å². The maximum Gasteiger partial charge on any atom is -0.00234 e. The highest BCUT2D eigenvalue weighted by Gasteiger charge is 2.52. The Bertz CT molecular complexity index is 155. The summed E-state index contributed by atoms with van der Waals surface area (Å²) in [6.45, 7) is 3.71. The van der Waals surface area contributed by atoms with Crippen molar-refractivity contribution in [1.29, 1.82) is 0 Å². The topological polar surface area (TPSA) is 12.0 Å². The van der Waals surface area contributed by atoms with Gasteiger partial charge in [0.1, 0.15) is 0 Å². The number of hydrogen-bond donors (Lipinski definition) is 1. The summed E-state index contributed by atoms with van der Waals surface area (Å²) in [6.07, 6.45) is 5.97. The Kier molecular flexibility index (Phi) is 1.71. The fraction of sp³-hybridized carbons (Fsp3) is 1.00. The van der Waals surface area contributed by atoms with E-state index in [0.29, 0.717) is 0 Å². The van der Waals surface area contributed by atoms with Gasteiger partial charge in [-0.1, -0.05) is 6.92 Å². The SMILES string of the molecule is CNCC1CC[C@]2(C)C[C@H]2C1. The first-order chi connectivity index (χ1) is 5.24. The summed E-state index contributed by atoms with van der Waals surface area (Å²) in [6, 6.07) is 0. The van der Waals surface area contributed by atoms with Crippen LogP contribution < -0.4 is 5.32 Å². The lowest BCUT2D eigenvalue weighted by Crippen LogP contribution is -2.23. The van der Waals surface area contributed by atoms with Crippen molar-refractivity contribution >= 4 is 0 Å². The first-order valence-corrected chi connectivity index (χ1v) is 4.89. The van der Waals surface area contributed by atoms with Crippen LogP contribution in [0.3, 0.4) is 0 Å². The summed E-state index contributed by atoms with van der Waals surface area (Å²) in [5, 5.41) is 3.29. The van der Waals surface area contributed by atoms with Crippen LogP contribution in [-0.4, -0.2) is 13.6 Å². The molecule has 0 amide bonds. The summed E-state index contributed by atoms with van der Waals surface area (Å²) < 4.78 is 0. The van der Waals surface area contributed by atoms with Crippen molar-refractivity contribution in [3.8, 4) is 0 Å². The van der Waals surface area contributed by atoms with E-state index in [1.807, 2.05) is 0 Å². The van der Waals surface area contributed by atoms with Crippen LogP contribution in [-0.2, 0) is 0 Å². The highest BCUT2D eigenvalue weighted by atomic mass is 14.8. The van der Waals surface area contributed by atoms with Crippen LogP contribution in [0.4, 0.5) is 0 Å². The molecule has 0 spiro atoms. The minimum absolute atomic E-state index is 0.796. The van der Waals surface area contributed by atoms with Crippen molar-refractivity contribution in [3.05, 3.63) is 0 Å². The van der Waals surface area contributed by atoms with E-state index in [4.69, 9.17) is 0 Å². The first-order valence-electron chi connectivity index (χ1n) is 4.89. The van der Waals surface area contributed by atoms with E-state index in [1.165, 1.54) is 32.2 Å². The average Bonchev–Trinajstić information content (AvgIpc) is 2.61. The molecule has 1 N–H and O–H groups in total. The van der Waals surface area contributed by atoms with E-state index in [-0.39, 0.29) is 0 Å². The van der Waals surface area contributed by atoms with Gasteiger partial charge >= 0.3 is 0 Å². The Morgan fingerprint density at radius 3 is 3.00 bits per heavy atom. The first kappa shape index (κ1) is 7.60. The predicted molar refractivity (Wildman–Crippen MR) is 47.5 cm³/mol. The summed E-state index contributed by atoms with van der Waals surface area (Å²) in [5.41, 5.74) is 0.796. The van der Waals surface area contributed by atoms with Crippen LogP contribution in [0.2, 0.25) is 0 Å². The fourth-order valence-corrected chi connectivity index (χ4v) is 2.71. The van der Waals surface area contributed by atoms with Gasteiger partial charge in [-0.2, -0.15) is 0 Å². The van der Waals surface area contributed by atoms with Gasteiger partial charge in [0.25, 0.3) is 0 Å². The molecule has 2 aliphatic rings. The second-order valence-electron chi connectivity index (χ2n) is 4.75. The Morgan fingerprint density at radius 1 is 1.55 bits per heavy atom. The van der Waals surface area contributed by atoms with Gasteiger partial charge in [-0.3, -0.25) is 0 Å². The fourth-order valence-electron chi connectivity index (χ4n) is 2.71. The molecule has 0 aromatic carbocycles. The number of fused-ring (bicyclic) bond motifs is 1. The Balaban J connectivity index is 1.83. The maximum absolute atomic E-state index is 3.29. The minimum Gasteiger partial charge on any atom is -0.319 e. The molecule has 2 fully saturated rings. The van der Waals surface area contributed by atoms with Gasteiger partial charge in [0, 0.05) is 0 Å². The third-order valence-corrected chi connectivity index (χ3v) is 3.77. The Morgan fingerprint density at radius 2 is 2.36 bits per heavy atom. The standard InChI is InChI=1S/C10H19N/c1-10-4-3-8(7-11-2)5-9(10)6-10/h8-9,11H,3-7H2,1-2H3/t8?,9-,10-/m1/s1. The molecule has 1 heteroatoms. The number of rotatable bonds is 2. The summed E-state index contributed by atoms with van der Waals surface area (Å²) in [5.74, 6) is 2.08. The summed E-state index contributed by atoms with van der Waals surface area (Å²) in [4.78, 5) is 0. The summed E-state index contributed by atoms with van der Waals surface area (Å²) in [7, 11) is 2.07. The zero-order chi connectivity index (χ0) is 7.90. The van der Waals surface area contributed by atoms with Gasteiger partial charge in [-0.05, 0) is 56.5 Å². The Hall–Kier alpha value is -0.0400. The molecular weight excluding hydrogens is 134 g/mol. The molecule has 2 rings (SSSR count). The third-order valence-electron chi connectivity index (χ3n) is 3.77. The normalized spacial score (nSPS) is 48.5. The summed E-state index contributed by atoms with van der Waals surface area (Å²) >= 11 is 0. The van der Waals surface area contributed by atoms with E-state index >= 15 is 0 Å². The molecule has 11 heavy (non-hydrogen) atoms. The number of nitrogens with one attached hydrogen (secondary N) is 1. The van der Waals surface area contributed by atoms with Gasteiger partial charge in [0.15, 0.2) is 0 Å². The molecule has 64 valence electrons. The third kappa shape index (κ3) is 1.31. The van der Waals surface area contributed by atoms with Crippen LogP contribution in [0.1, 0.15) is 32.6 Å².